The molecule has 1 aromatic carbocycles. The van der Waals surface area contributed by atoms with E-state index < -0.39 is 23.8 Å². The van der Waals surface area contributed by atoms with E-state index in [1.807, 2.05) is 6.20 Å². The number of alkyl halides is 2. The highest BCUT2D eigenvalue weighted by molar-refractivity contribution is 5.88. The minimum atomic E-state index is -2.42. The van der Waals surface area contributed by atoms with Crippen molar-refractivity contribution in [3.05, 3.63) is 53.3 Å². The molecule has 3 aromatic rings. The zero-order chi connectivity index (χ0) is 28.4. The Balaban J connectivity index is 0.000000204. The number of nitrogens with one attached hydrogen (secondary N) is 2. The summed E-state index contributed by atoms with van der Waals surface area (Å²) in [6, 6.07) is 8.03. The molecule has 0 radical (unpaired) electrons. The van der Waals surface area contributed by atoms with Gasteiger partial charge in [-0.3, -0.25) is 9.69 Å². The Labute approximate surface area is 225 Å². The van der Waals surface area contributed by atoms with Crippen molar-refractivity contribution in [2.24, 2.45) is 11.1 Å². The number of fused-ring (bicyclic) bond motifs is 1. The number of carbonyl (C=O) groups is 2. The Hall–Kier alpha value is -3.73. The number of aromatic carboxylic acids is 1. The molecule has 1 aliphatic carbocycles. The number of carbonyl (C=O) groups excluding carboxylic acids is 1. The predicted molar refractivity (Wildman–Crippen MR) is 144 cm³/mol. The van der Waals surface area contributed by atoms with Crippen molar-refractivity contribution in [1.29, 1.82) is 0 Å². The number of anilines is 1. The fraction of sp³-hybridized carbons (Fsp3) is 0.464. The highest BCUT2D eigenvalue weighted by Crippen LogP contribution is 2.57. The lowest BCUT2D eigenvalue weighted by Gasteiger charge is -2.51. The average molecular weight is 544 g/mol. The number of nitrogens with two attached hydrogens (primary N) is 1. The molecular weight excluding hydrogens is 508 g/mol. The van der Waals surface area contributed by atoms with Crippen LogP contribution in [0.3, 0.4) is 0 Å². The first-order valence-electron chi connectivity index (χ1n) is 12.9. The number of rotatable bonds is 7. The molecule has 0 bridgehead atoms. The van der Waals surface area contributed by atoms with Crippen LogP contribution in [0.1, 0.15) is 54.2 Å². The fourth-order valence-electron chi connectivity index (χ4n) is 5.52. The van der Waals surface area contributed by atoms with E-state index in [1.165, 1.54) is 28.6 Å². The Morgan fingerprint density at radius 1 is 1.26 bits per heavy atom. The molecule has 2 fully saturated rings. The number of pyridine rings is 1. The minimum Gasteiger partial charge on any atom is -0.496 e. The van der Waals surface area contributed by atoms with Gasteiger partial charge in [-0.25, -0.2) is 18.6 Å². The quantitative estimate of drug-likeness (QED) is 0.343. The monoisotopic (exact) mass is 543 g/mol. The number of carboxylic acid groups (broad SMARTS) is 1. The second kappa shape index (κ2) is 11.2. The first-order chi connectivity index (χ1) is 18.4. The van der Waals surface area contributed by atoms with Crippen LogP contribution in [-0.4, -0.2) is 64.0 Å². The predicted octanol–water partition coefficient (Wildman–Crippen LogP) is 4.56. The van der Waals surface area contributed by atoms with E-state index in [-0.39, 0.29) is 24.0 Å². The number of H-pyrrole nitrogens is 1. The topological polar surface area (TPSA) is 134 Å². The highest BCUT2D eigenvalue weighted by atomic mass is 19.3. The summed E-state index contributed by atoms with van der Waals surface area (Å²) in [7, 11) is 1.71. The number of halogens is 2. The number of methoxy groups -OCH3 is 1. The molecule has 5 N–H and O–H groups in total. The van der Waals surface area contributed by atoms with Crippen LogP contribution in [0.5, 0.6) is 5.75 Å². The van der Waals surface area contributed by atoms with E-state index in [0.717, 1.165) is 43.7 Å². The molecule has 1 aliphatic heterocycles. The van der Waals surface area contributed by atoms with E-state index in [4.69, 9.17) is 15.6 Å². The van der Waals surface area contributed by atoms with Gasteiger partial charge in [0, 0.05) is 42.0 Å². The second-order valence-corrected chi connectivity index (χ2v) is 10.6. The Bertz CT molecular complexity index is 1340. The van der Waals surface area contributed by atoms with Crippen LogP contribution in [0, 0.1) is 12.3 Å². The molecule has 1 atom stereocenters. The summed E-state index contributed by atoms with van der Waals surface area (Å²) >= 11 is 0. The lowest BCUT2D eigenvalue weighted by atomic mass is 9.61. The van der Waals surface area contributed by atoms with Gasteiger partial charge in [0.1, 0.15) is 17.6 Å². The van der Waals surface area contributed by atoms with E-state index in [0.29, 0.717) is 5.82 Å². The smallest absolute Gasteiger partial charge is 0.354 e. The second-order valence-electron chi connectivity index (χ2n) is 10.6. The minimum absolute atomic E-state index is 0.0864. The number of likely N-dealkylation sites (tertiary alicyclic amines) is 1. The maximum absolute atomic E-state index is 13.3. The molecule has 5 rings (SSSR count). The van der Waals surface area contributed by atoms with Crippen molar-refractivity contribution in [1.82, 2.24) is 14.9 Å². The van der Waals surface area contributed by atoms with Crippen molar-refractivity contribution >= 4 is 28.6 Å². The summed E-state index contributed by atoms with van der Waals surface area (Å²) in [5, 5.41) is 12.6. The van der Waals surface area contributed by atoms with Crippen molar-refractivity contribution in [3.63, 3.8) is 0 Å². The number of hydrogen-bond acceptors (Lipinski definition) is 6. The summed E-state index contributed by atoms with van der Waals surface area (Å²) in [5.74, 6) is -2.85. The van der Waals surface area contributed by atoms with Crippen LogP contribution in [0.2, 0.25) is 0 Å². The zero-order valence-electron chi connectivity index (χ0n) is 22.4. The van der Waals surface area contributed by atoms with Crippen molar-refractivity contribution in [3.8, 4) is 5.75 Å². The molecule has 210 valence electrons. The molecule has 1 unspecified atom stereocenters. The number of benzene rings is 1. The maximum atomic E-state index is 13.3. The molecular formula is C28H35F2N5O4. The lowest BCUT2D eigenvalue weighted by Crippen LogP contribution is -2.52. The normalized spacial score (nSPS) is 18.5. The Morgan fingerprint density at radius 2 is 1.95 bits per heavy atom. The SMILES string of the molecule is CC(Nc1cccc(C(=O)O)n1)C(N)=O.COc1cc(C)c2[nH]ccc2c1CN1CCC2(CC1)CC(F)(F)C2. The van der Waals surface area contributed by atoms with Gasteiger partial charge >= 0.3 is 5.97 Å². The number of aromatic nitrogens is 2. The molecule has 1 amide bonds. The number of ether oxygens (including phenoxy) is 1. The molecule has 1 saturated heterocycles. The van der Waals surface area contributed by atoms with E-state index in [2.05, 4.69) is 39.2 Å². The average Bonchev–Trinajstić information content (AvgIpc) is 3.37. The van der Waals surface area contributed by atoms with Gasteiger partial charge in [0.25, 0.3) is 0 Å². The van der Waals surface area contributed by atoms with Gasteiger partial charge in [0.2, 0.25) is 11.8 Å². The van der Waals surface area contributed by atoms with Crippen LogP contribution < -0.4 is 15.8 Å². The summed E-state index contributed by atoms with van der Waals surface area (Å²) in [6.45, 7) is 6.23. The van der Waals surface area contributed by atoms with Gasteiger partial charge in [0.05, 0.1) is 7.11 Å². The van der Waals surface area contributed by atoms with Crippen molar-refractivity contribution in [2.45, 2.75) is 58.0 Å². The Kier molecular flexibility index (Phi) is 8.10. The van der Waals surface area contributed by atoms with E-state index in [1.54, 1.807) is 20.1 Å². The van der Waals surface area contributed by atoms with E-state index in [9.17, 15) is 18.4 Å². The summed E-state index contributed by atoms with van der Waals surface area (Å²) in [4.78, 5) is 30.8. The number of nitrogens with zero attached hydrogens (tertiary/aromatic N) is 2. The third-order valence-electron chi connectivity index (χ3n) is 7.66. The number of piperidine rings is 1. The number of amides is 1. The van der Waals surface area contributed by atoms with Crippen molar-refractivity contribution in [2.75, 3.05) is 25.5 Å². The lowest BCUT2D eigenvalue weighted by molar-refractivity contribution is -0.178. The van der Waals surface area contributed by atoms with Gasteiger partial charge in [0.15, 0.2) is 5.69 Å². The Morgan fingerprint density at radius 3 is 2.54 bits per heavy atom. The first kappa shape index (κ1) is 28.3. The summed E-state index contributed by atoms with van der Waals surface area (Å²) in [6.07, 6.45) is 3.90. The molecule has 11 heteroatoms. The molecule has 39 heavy (non-hydrogen) atoms. The van der Waals surface area contributed by atoms with Crippen LogP contribution in [-0.2, 0) is 11.3 Å². The first-order valence-corrected chi connectivity index (χ1v) is 12.9. The third kappa shape index (κ3) is 6.47. The maximum Gasteiger partial charge on any atom is 0.354 e. The summed E-state index contributed by atoms with van der Waals surface area (Å²) in [5.41, 5.74) is 8.36. The van der Waals surface area contributed by atoms with Gasteiger partial charge in [-0.05, 0) is 75.0 Å². The number of carboxylic acids is 1. The van der Waals surface area contributed by atoms with Crippen LogP contribution >= 0.6 is 0 Å². The number of aryl methyl sites for hydroxylation is 1. The molecule has 3 heterocycles. The van der Waals surface area contributed by atoms with Gasteiger partial charge in [-0.1, -0.05) is 6.07 Å². The molecule has 1 saturated carbocycles. The van der Waals surface area contributed by atoms with Crippen LogP contribution in [0.4, 0.5) is 14.6 Å². The van der Waals surface area contributed by atoms with Gasteiger partial charge < -0.3 is 25.9 Å². The third-order valence-corrected chi connectivity index (χ3v) is 7.66. The van der Waals surface area contributed by atoms with Crippen molar-refractivity contribution < 1.29 is 28.2 Å². The molecule has 1 spiro atoms. The fourth-order valence-corrected chi connectivity index (χ4v) is 5.52. The van der Waals surface area contributed by atoms with Gasteiger partial charge in [-0.2, -0.15) is 0 Å². The number of primary amides is 1. The molecule has 2 aromatic heterocycles. The zero-order valence-corrected chi connectivity index (χ0v) is 22.4. The molecule has 9 nitrogen and oxygen atoms in total. The van der Waals surface area contributed by atoms with Gasteiger partial charge in [-0.15, -0.1) is 0 Å². The number of hydrogen-bond donors (Lipinski definition) is 4. The van der Waals surface area contributed by atoms with E-state index >= 15 is 0 Å². The number of aromatic amines is 1. The molecule has 2 aliphatic rings. The largest absolute Gasteiger partial charge is 0.496 e. The standard InChI is InChI=1S/C19H24F2N2O.C9H11N3O3/c1-13-9-16(24-2)15(14-3-6-22-17(13)14)10-23-7-4-18(5-8-23)11-19(20,21)12-18;1-5(8(10)13)11-7-4-2-3-6(12-7)9(14)15/h3,6,9,22H,4-5,7-8,10-12H2,1-2H3;2-5H,1H3,(H2,10,13)(H,11,12)(H,14,15). The summed E-state index contributed by atoms with van der Waals surface area (Å²) < 4.78 is 32.1. The highest BCUT2D eigenvalue weighted by Gasteiger charge is 2.56. The van der Waals surface area contributed by atoms with Crippen LogP contribution in [0.15, 0.2) is 36.5 Å². The van der Waals surface area contributed by atoms with Crippen LogP contribution in [0.25, 0.3) is 10.9 Å².